The minimum atomic E-state index is -1.01. The molecule has 118 valence electrons. The lowest BCUT2D eigenvalue weighted by atomic mass is 9.91. The molecule has 3 aliphatic rings. The van der Waals surface area contributed by atoms with Gasteiger partial charge in [-0.1, -0.05) is 0 Å². The molecule has 0 aromatic rings. The molecule has 0 aliphatic carbocycles. The van der Waals surface area contributed by atoms with Crippen LogP contribution in [0.2, 0.25) is 0 Å². The van der Waals surface area contributed by atoms with Gasteiger partial charge in [-0.25, -0.2) is 4.79 Å². The van der Waals surface area contributed by atoms with Crippen molar-refractivity contribution in [3.05, 3.63) is 0 Å². The molecule has 21 heavy (non-hydrogen) atoms. The third-order valence-corrected chi connectivity index (χ3v) is 4.10. The van der Waals surface area contributed by atoms with E-state index in [2.05, 4.69) is 0 Å². The van der Waals surface area contributed by atoms with Crippen molar-refractivity contribution in [2.75, 3.05) is 20.8 Å². The van der Waals surface area contributed by atoms with E-state index in [1.807, 2.05) is 13.8 Å². The molecule has 0 spiro atoms. The zero-order chi connectivity index (χ0) is 15.4. The van der Waals surface area contributed by atoms with E-state index in [1.54, 1.807) is 5.06 Å². The second-order valence-corrected chi connectivity index (χ2v) is 5.83. The van der Waals surface area contributed by atoms with Gasteiger partial charge in [0.2, 0.25) is 0 Å². The summed E-state index contributed by atoms with van der Waals surface area (Å²) in [5, 5.41) is 1.58. The van der Waals surface area contributed by atoms with Crippen molar-refractivity contribution >= 4 is 11.9 Å². The highest BCUT2D eigenvalue weighted by Crippen LogP contribution is 2.44. The van der Waals surface area contributed by atoms with Crippen LogP contribution in [0, 0.1) is 5.92 Å². The molecule has 5 atom stereocenters. The summed E-state index contributed by atoms with van der Waals surface area (Å²) >= 11 is 0. The molecule has 3 rings (SSSR count). The van der Waals surface area contributed by atoms with Gasteiger partial charge < -0.3 is 18.9 Å². The van der Waals surface area contributed by atoms with E-state index >= 15 is 0 Å². The van der Waals surface area contributed by atoms with Gasteiger partial charge in [-0.3, -0.25) is 9.63 Å². The highest BCUT2D eigenvalue weighted by molar-refractivity contribution is 5.85. The molecule has 3 fully saturated rings. The van der Waals surface area contributed by atoms with Gasteiger partial charge in [-0.2, -0.15) is 5.06 Å². The summed E-state index contributed by atoms with van der Waals surface area (Å²) in [6.45, 7) is 4.06. The summed E-state index contributed by atoms with van der Waals surface area (Å²) in [6, 6.07) is -0.423. The molecule has 0 saturated carbocycles. The molecule has 8 nitrogen and oxygen atoms in total. The van der Waals surface area contributed by atoms with E-state index < -0.39 is 35.8 Å². The second kappa shape index (κ2) is 4.91. The minimum absolute atomic E-state index is 0.198. The Balaban J connectivity index is 1.88. The number of esters is 2. The van der Waals surface area contributed by atoms with Crippen molar-refractivity contribution in [2.24, 2.45) is 5.92 Å². The molecular weight excluding hydrogens is 282 g/mol. The van der Waals surface area contributed by atoms with Crippen LogP contribution in [-0.2, 0) is 33.4 Å². The maximum Gasteiger partial charge on any atom is 0.338 e. The van der Waals surface area contributed by atoms with Gasteiger partial charge in [0.1, 0.15) is 18.1 Å². The van der Waals surface area contributed by atoms with Crippen LogP contribution in [0.4, 0.5) is 0 Å². The first-order valence-corrected chi connectivity index (χ1v) is 6.82. The molecule has 0 aromatic carbocycles. The first-order valence-electron chi connectivity index (χ1n) is 6.82. The molecule has 0 bridgehead atoms. The van der Waals surface area contributed by atoms with E-state index in [0.717, 1.165) is 0 Å². The third-order valence-electron chi connectivity index (χ3n) is 4.10. The minimum Gasteiger partial charge on any atom is -0.469 e. The van der Waals surface area contributed by atoms with Gasteiger partial charge in [0.25, 0.3) is 0 Å². The van der Waals surface area contributed by atoms with Crippen LogP contribution in [0.1, 0.15) is 13.8 Å². The lowest BCUT2D eigenvalue weighted by molar-refractivity contribution is -0.209. The summed E-state index contributed by atoms with van der Waals surface area (Å²) in [4.78, 5) is 29.5. The van der Waals surface area contributed by atoms with Crippen LogP contribution in [0.5, 0.6) is 0 Å². The Morgan fingerprint density at radius 1 is 1.14 bits per heavy atom. The van der Waals surface area contributed by atoms with Gasteiger partial charge >= 0.3 is 11.9 Å². The summed E-state index contributed by atoms with van der Waals surface area (Å²) < 4.78 is 21.2. The average Bonchev–Trinajstić information content (AvgIpc) is 3.02. The number of hydrogen-bond acceptors (Lipinski definition) is 8. The Morgan fingerprint density at radius 3 is 2.43 bits per heavy atom. The van der Waals surface area contributed by atoms with Gasteiger partial charge in [0.15, 0.2) is 11.9 Å². The van der Waals surface area contributed by atoms with E-state index in [9.17, 15) is 9.59 Å². The lowest BCUT2D eigenvalue weighted by Gasteiger charge is -2.24. The second-order valence-electron chi connectivity index (χ2n) is 5.83. The fraction of sp³-hybridized carbons (Fsp3) is 0.846. The van der Waals surface area contributed by atoms with Gasteiger partial charge in [-0.15, -0.1) is 0 Å². The summed E-state index contributed by atoms with van der Waals surface area (Å²) in [7, 11) is 2.53. The maximum absolute atomic E-state index is 12.1. The number of rotatable bonds is 2. The highest BCUT2D eigenvalue weighted by atomic mass is 16.8. The van der Waals surface area contributed by atoms with Crippen LogP contribution in [0.15, 0.2) is 0 Å². The molecule has 0 aromatic heterocycles. The largest absolute Gasteiger partial charge is 0.469 e. The number of hydroxylamine groups is 2. The predicted molar refractivity (Wildman–Crippen MR) is 66.7 cm³/mol. The smallest absolute Gasteiger partial charge is 0.338 e. The quantitative estimate of drug-likeness (QED) is 0.629. The van der Waals surface area contributed by atoms with Crippen LogP contribution in [-0.4, -0.2) is 67.9 Å². The van der Waals surface area contributed by atoms with Crippen molar-refractivity contribution in [2.45, 2.75) is 44.0 Å². The van der Waals surface area contributed by atoms with Crippen LogP contribution >= 0.6 is 0 Å². The molecule has 0 amide bonds. The number of carbonyl (C=O) groups excluding carboxylic acids is 2. The topological polar surface area (TPSA) is 83.5 Å². The Kier molecular flexibility index (Phi) is 3.44. The molecule has 8 heteroatoms. The number of ether oxygens (including phenoxy) is 4. The standard InChI is InChI=1S/C13H19NO7/c1-13(2)19-6-5-14-8(9(6)20-13)7(11(15)17-3)10(21-14)12(16)18-4/h6-10H,5H2,1-4H3/t6?,7-,8+,9-,10+/m0/s1. The van der Waals surface area contributed by atoms with Crippen molar-refractivity contribution in [1.82, 2.24) is 5.06 Å². The molecule has 0 N–H and O–H groups in total. The number of nitrogens with zero attached hydrogens (tertiary/aromatic N) is 1. The molecule has 3 saturated heterocycles. The fourth-order valence-electron chi connectivity index (χ4n) is 3.35. The Morgan fingerprint density at radius 2 is 1.81 bits per heavy atom. The van der Waals surface area contributed by atoms with Crippen molar-refractivity contribution in [3.63, 3.8) is 0 Å². The Hall–Kier alpha value is -1.22. The van der Waals surface area contributed by atoms with Crippen LogP contribution < -0.4 is 0 Å². The fourth-order valence-corrected chi connectivity index (χ4v) is 3.35. The number of fused-ring (bicyclic) bond motifs is 3. The van der Waals surface area contributed by atoms with Crippen molar-refractivity contribution < 1.29 is 33.4 Å². The van der Waals surface area contributed by atoms with Gasteiger partial charge in [0.05, 0.1) is 26.8 Å². The zero-order valence-corrected chi connectivity index (χ0v) is 12.4. The average molecular weight is 301 g/mol. The SMILES string of the molecule is COC(=O)[C@H]1[C@@H]2[C@H]3OC(C)(C)OC3CN2O[C@H]1C(=O)OC. The summed E-state index contributed by atoms with van der Waals surface area (Å²) in [5.41, 5.74) is 0. The first kappa shape index (κ1) is 14.7. The summed E-state index contributed by atoms with van der Waals surface area (Å²) in [6.07, 6.45) is -1.56. The molecule has 1 unspecified atom stereocenters. The molecule has 0 radical (unpaired) electrons. The monoisotopic (exact) mass is 301 g/mol. The number of methoxy groups -OCH3 is 2. The number of hydrogen-bond donors (Lipinski definition) is 0. The Bertz CT molecular complexity index is 465. The molecule has 3 heterocycles. The van der Waals surface area contributed by atoms with Crippen LogP contribution in [0.25, 0.3) is 0 Å². The van der Waals surface area contributed by atoms with E-state index in [1.165, 1.54) is 14.2 Å². The zero-order valence-electron chi connectivity index (χ0n) is 12.4. The van der Waals surface area contributed by atoms with Crippen LogP contribution in [0.3, 0.4) is 0 Å². The predicted octanol–water partition coefficient (Wildman–Crippen LogP) is -0.533. The van der Waals surface area contributed by atoms with E-state index in [0.29, 0.717) is 6.54 Å². The van der Waals surface area contributed by atoms with Gasteiger partial charge in [-0.05, 0) is 13.8 Å². The van der Waals surface area contributed by atoms with Crippen molar-refractivity contribution in [3.8, 4) is 0 Å². The first-order chi connectivity index (χ1) is 9.88. The highest BCUT2D eigenvalue weighted by Gasteiger charge is 2.64. The Labute approximate surface area is 122 Å². The van der Waals surface area contributed by atoms with Gasteiger partial charge in [0, 0.05) is 0 Å². The number of carbonyl (C=O) groups is 2. The van der Waals surface area contributed by atoms with E-state index in [-0.39, 0.29) is 12.2 Å². The molecular formula is C13H19NO7. The lowest BCUT2D eigenvalue weighted by Crippen LogP contribution is -2.44. The maximum atomic E-state index is 12.1. The normalized spacial score (nSPS) is 40.7. The molecule has 3 aliphatic heterocycles. The summed E-state index contributed by atoms with van der Waals surface area (Å²) in [5.74, 6) is -2.64. The third kappa shape index (κ3) is 2.22. The van der Waals surface area contributed by atoms with E-state index in [4.69, 9.17) is 23.8 Å². The van der Waals surface area contributed by atoms with Crippen molar-refractivity contribution in [1.29, 1.82) is 0 Å².